The van der Waals surface area contributed by atoms with Gasteiger partial charge in [-0.05, 0) is 38.3 Å². The Morgan fingerprint density at radius 1 is 1.20 bits per heavy atom. The number of hydrogen-bond acceptors (Lipinski definition) is 9. The van der Waals surface area contributed by atoms with Crippen molar-refractivity contribution in [3.8, 4) is 11.8 Å². The van der Waals surface area contributed by atoms with Gasteiger partial charge in [-0.1, -0.05) is 32.1 Å². The lowest BCUT2D eigenvalue weighted by atomic mass is 10.1. The minimum Gasteiger partial charge on any atom is -0.462 e. The van der Waals surface area contributed by atoms with Crippen LogP contribution >= 0.6 is 0 Å². The predicted octanol–water partition coefficient (Wildman–Crippen LogP) is 2.07. The number of anilines is 2. The summed E-state index contributed by atoms with van der Waals surface area (Å²) in [6, 6.07) is 3.26. The van der Waals surface area contributed by atoms with E-state index in [-0.39, 0.29) is 41.6 Å². The van der Waals surface area contributed by atoms with Gasteiger partial charge in [0, 0.05) is 33.2 Å². The van der Waals surface area contributed by atoms with Crippen LogP contribution in [0, 0.1) is 11.8 Å². The number of carbonyl (C=O) groups is 1. The third-order valence-corrected chi connectivity index (χ3v) is 7.36. The van der Waals surface area contributed by atoms with E-state index in [2.05, 4.69) is 29.1 Å². The zero-order chi connectivity index (χ0) is 29.5. The van der Waals surface area contributed by atoms with E-state index in [0.717, 1.165) is 49.6 Å². The Morgan fingerprint density at radius 3 is 2.71 bits per heavy atom. The van der Waals surface area contributed by atoms with Gasteiger partial charge in [-0.15, -0.1) is 5.92 Å². The Labute approximate surface area is 239 Å². The summed E-state index contributed by atoms with van der Waals surface area (Å²) < 4.78 is 9.71. The highest BCUT2D eigenvalue weighted by Gasteiger charge is 2.27. The van der Waals surface area contributed by atoms with Gasteiger partial charge in [-0.2, -0.15) is 4.98 Å². The summed E-state index contributed by atoms with van der Waals surface area (Å²) in [6.45, 7) is 5.48. The summed E-state index contributed by atoms with van der Waals surface area (Å²) in [6.07, 6.45) is 5.71. The number of esters is 1. The van der Waals surface area contributed by atoms with Gasteiger partial charge in [0.25, 0.3) is 5.56 Å². The smallest absolute Gasteiger partial charge is 0.340 e. The Hall–Kier alpha value is -4.11. The molecule has 1 aliphatic heterocycles. The van der Waals surface area contributed by atoms with E-state index in [9.17, 15) is 14.4 Å². The molecular weight excluding hydrogens is 524 g/mol. The number of imidazole rings is 1. The number of nitrogens with zero attached hydrogens (tertiary/aromatic N) is 6. The van der Waals surface area contributed by atoms with E-state index in [0.29, 0.717) is 24.9 Å². The lowest BCUT2D eigenvalue weighted by Gasteiger charge is -2.31. The zero-order valence-electron chi connectivity index (χ0n) is 24.4. The maximum atomic E-state index is 14.0. The molecule has 3 N–H and O–H groups in total. The SMILES string of the molecule is CC#CCn1c(N2CCC[C@@H](N)C2)nc2c1c(=O)n(Cc1nc(NC)ccc1C(=O)OCCCCCC)c(=O)n2C. The normalized spacial score (nSPS) is 15.0. The average molecular weight is 565 g/mol. The second kappa shape index (κ2) is 13.5. The number of unbranched alkanes of at least 4 members (excludes halogenated alkanes) is 3. The first-order valence-electron chi connectivity index (χ1n) is 14.3. The van der Waals surface area contributed by atoms with Crippen molar-refractivity contribution in [2.24, 2.45) is 12.8 Å². The van der Waals surface area contributed by atoms with Crippen LogP contribution in [0.2, 0.25) is 0 Å². The number of rotatable bonds is 11. The molecule has 1 atom stereocenters. The number of fused-ring (bicyclic) bond motifs is 1. The molecule has 12 heteroatoms. The monoisotopic (exact) mass is 564 g/mol. The van der Waals surface area contributed by atoms with Crippen molar-refractivity contribution in [2.45, 2.75) is 71.5 Å². The number of nitrogens with two attached hydrogens (primary N) is 1. The molecule has 0 bridgehead atoms. The van der Waals surface area contributed by atoms with Crippen molar-refractivity contribution in [1.82, 2.24) is 23.7 Å². The molecule has 3 aromatic heterocycles. The molecular formula is C29H40N8O4. The summed E-state index contributed by atoms with van der Waals surface area (Å²) in [4.78, 5) is 51.9. The van der Waals surface area contributed by atoms with Gasteiger partial charge >= 0.3 is 11.7 Å². The lowest BCUT2D eigenvalue weighted by molar-refractivity contribution is 0.0495. The van der Waals surface area contributed by atoms with Gasteiger partial charge in [-0.25, -0.2) is 14.6 Å². The molecule has 12 nitrogen and oxygen atoms in total. The molecule has 1 saturated heterocycles. The van der Waals surface area contributed by atoms with Crippen LogP contribution in [0.25, 0.3) is 11.2 Å². The molecule has 1 fully saturated rings. The maximum Gasteiger partial charge on any atom is 0.340 e. The topological polar surface area (TPSA) is 142 Å². The summed E-state index contributed by atoms with van der Waals surface area (Å²) in [7, 11) is 3.29. The van der Waals surface area contributed by atoms with Gasteiger partial charge in [0.2, 0.25) is 5.95 Å². The average Bonchev–Trinajstić information content (AvgIpc) is 3.36. The fourth-order valence-electron chi connectivity index (χ4n) is 5.11. The molecule has 4 heterocycles. The van der Waals surface area contributed by atoms with Crippen LogP contribution in [-0.4, -0.2) is 62.4 Å². The lowest BCUT2D eigenvalue weighted by Crippen LogP contribution is -2.44. The van der Waals surface area contributed by atoms with E-state index >= 15 is 0 Å². The Bertz CT molecular complexity index is 1580. The molecule has 41 heavy (non-hydrogen) atoms. The number of aryl methyl sites for hydroxylation is 1. The molecule has 0 spiro atoms. The highest BCUT2D eigenvalue weighted by molar-refractivity contribution is 5.91. The van der Waals surface area contributed by atoms with Crippen LogP contribution in [-0.2, 0) is 24.9 Å². The Balaban J connectivity index is 1.79. The minimum absolute atomic E-state index is 0.00917. The van der Waals surface area contributed by atoms with E-state index in [1.54, 1.807) is 37.7 Å². The van der Waals surface area contributed by atoms with Crippen molar-refractivity contribution in [2.75, 3.05) is 37.0 Å². The van der Waals surface area contributed by atoms with Crippen molar-refractivity contribution >= 4 is 28.9 Å². The van der Waals surface area contributed by atoms with Crippen molar-refractivity contribution in [3.05, 3.63) is 44.2 Å². The van der Waals surface area contributed by atoms with Crippen LogP contribution in [0.3, 0.4) is 0 Å². The summed E-state index contributed by atoms with van der Waals surface area (Å²) in [5.74, 6) is 6.44. The number of aromatic nitrogens is 5. The van der Waals surface area contributed by atoms with Gasteiger partial charge in [0.15, 0.2) is 11.2 Å². The molecule has 0 aliphatic carbocycles. The van der Waals surface area contributed by atoms with E-state index in [4.69, 9.17) is 15.5 Å². The highest BCUT2D eigenvalue weighted by Crippen LogP contribution is 2.23. The number of pyridine rings is 1. The molecule has 0 aromatic carbocycles. The quantitative estimate of drug-likeness (QED) is 0.203. The van der Waals surface area contributed by atoms with Crippen LogP contribution in [0.1, 0.15) is 68.4 Å². The molecule has 0 radical (unpaired) electrons. The molecule has 4 rings (SSSR count). The van der Waals surface area contributed by atoms with E-state index in [1.807, 2.05) is 4.90 Å². The first-order valence-corrected chi connectivity index (χ1v) is 14.3. The molecule has 220 valence electrons. The fraction of sp³-hybridized carbons (Fsp3) is 0.552. The number of nitrogens with one attached hydrogen (secondary N) is 1. The minimum atomic E-state index is -0.564. The second-order valence-corrected chi connectivity index (χ2v) is 10.3. The Morgan fingerprint density at radius 2 is 2.00 bits per heavy atom. The summed E-state index contributed by atoms with van der Waals surface area (Å²) >= 11 is 0. The van der Waals surface area contributed by atoms with Gasteiger partial charge in [0.05, 0.1) is 31.0 Å². The highest BCUT2D eigenvalue weighted by atomic mass is 16.5. The number of piperidine rings is 1. The number of ether oxygens (including phenoxy) is 1. The summed E-state index contributed by atoms with van der Waals surface area (Å²) in [5.41, 5.74) is 6.14. The van der Waals surface area contributed by atoms with Gasteiger partial charge in [-0.3, -0.25) is 18.5 Å². The van der Waals surface area contributed by atoms with Crippen molar-refractivity contribution in [3.63, 3.8) is 0 Å². The first kappa shape index (κ1) is 29.9. The standard InChI is InChI=1S/C29H40N8O4/c1-5-7-9-10-17-41-27(39)21-13-14-23(31-3)32-22(21)19-37-26(38)24-25(34(4)29(37)40)33-28(36(24)16-8-6-2)35-15-11-12-20(30)18-35/h13-14,20H,5,7,9-12,15-19,30H2,1-4H3,(H,31,32)/t20-/m1/s1. The fourth-order valence-corrected chi connectivity index (χ4v) is 5.11. The van der Waals surface area contributed by atoms with Crippen LogP contribution in [0.4, 0.5) is 11.8 Å². The van der Waals surface area contributed by atoms with Crippen molar-refractivity contribution < 1.29 is 9.53 Å². The third kappa shape index (κ3) is 6.46. The Kier molecular flexibility index (Phi) is 9.83. The predicted molar refractivity (Wildman–Crippen MR) is 159 cm³/mol. The first-order chi connectivity index (χ1) is 19.8. The van der Waals surface area contributed by atoms with Crippen LogP contribution in [0.15, 0.2) is 21.7 Å². The van der Waals surface area contributed by atoms with Gasteiger partial charge in [0.1, 0.15) is 5.82 Å². The number of carbonyl (C=O) groups excluding carboxylic acids is 1. The molecule has 3 aromatic rings. The van der Waals surface area contributed by atoms with E-state index in [1.165, 1.54) is 4.57 Å². The largest absolute Gasteiger partial charge is 0.462 e. The maximum absolute atomic E-state index is 14.0. The molecule has 0 amide bonds. The summed E-state index contributed by atoms with van der Waals surface area (Å²) in [5, 5.41) is 2.95. The molecule has 1 aliphatic rings. The van der Waals surface area contributed by atoms with Crippen LogP contribution < -0.4 is 27.2 Å². The third-order valence-electron chi connectivity index (χ3n) is 7.36. The van der Waals surface area contributed by atoms with Gasteiger partial charge < -0.3 is 20.7 Å². The number of hydrogen-bond donors (Lipinski definition) is 2. The molecule has 0 unspecified atom stereocenters. The zero-order valence-corrected chi connectivity index (χ0v) is 24.4. The molecule has 0 saturated carbocycles. The van der Waals surface area contributed by atoms with E-state index < -0.39 is 17.2 Å². The van der Waals surface area contributed by atoms with Crippen molar-refractivity contribution in [1.29, 1.82) is 0 Å². The van der Waals surface area contributed by atoms with Crippen LogP contribution in [0.5, 0.6) is 0 Å². The second-order valence-electron chi connectivity index (χ2n) is 10.3.